The third-order valence-corrected chi connectivity index (χ3v) is 3.96. The fourth-order valence-corrected chi connectivity index (χ4v) is 2.70. The lowest BCUT2D eigenvalue weighted by Gasteiger charge is -2.23. The van der Waals surface area contributed by atoms with E-state index < -0.39 is 0 Å². The summed E-state index contributed by atoms with van der Waals surface area (Å²) in [7, 11) is 3.49. The van der Waals surface area contributed by atoms with E-state index in [1.807, 2.05) is 0 Å². The van der Waals surface area contributed by atoms with E-state index in [1.54, 1.807) is 14.2 Å². The summed E-state index contributed by atoms with van der Waals surface area (Å²) in [5, 5.41) is 0. The van der Waals surface area contributed by atoms with Gasteiger partial charge < -0.3 is 9.47 Å². The van der Waals surface area contributed by atoms with Gasteiger partial charge in [-0.05, 0) is 23.6 Å². The molecule has 0 bridgehead atoms. The van der Waals surface area contributed by atoms with E-state index >= 15 is 0 Å². The molecule has 0 aliphatic rings. The molecule has 3 heteroatoms. The minimum absolute atomic E-state index is 0.732. The molecule has 2 rings (SSSR count). The predicted molar refractivity (Wildman–Crippen MR) is 95.6 cm³/mol. The number of hydrogen-bond donors (Lipinski definition) is 0. The van der Waals surface area contributed by atoms with E-state index in [9.17, 15) is 0 Å². The molecule has 3 nitrogen and oxygen atoms in total. The normalized spacial score (nSPS) is 11.1. The van der Waals surface area contributed by atoms with Gasteiger partial charge in [0.25, 0.3) is 0 Å². The number of benzene rings is 2. The summed E-state index contributed by atoms with van der Waals surface area (Å²) in [6, 6.07) is 17.3. The minimum Gasteiger partial charge on any atom is -0.383 e. The zero-order valence-electron chi connectivity index (χ0n) is 14.4. The first-order valence-corrected chi connectivity index (χ1v) is 8.09. The zero-order chi connectivity index (χ0) is 16.5. The molecule has 0 saturated carbocycles. The molecular formula is C20H27NO2. The summed E-state index contributed by atoms with van der Waals surface area (Å²) in [5.41, 5.74) is 5.21. The Bertz CT molecular complexity index is 575. The largest absolute Gasteiger partial charge is 0.383 e. The quantitative estimate of drug-likeness (QED) is 0.703. The van der Waals surface area contributed by atoms with Crippen molar-refractivity contribution >= 4 is 0 Å². The average molecular weight is 313 g/mol. The summed E-state index contributed by atoms with van der Waals surface area (Å²) in [4.78, 5) is 2.38. The van der Waals surface area contributed by atoms with Crippen molar-refractivity contribution in [3.8, 4) is 11.1 Å². The number of ether oxygens (including phenoxy) is 2. The van der Waals surface area contributed by atoms with Gasteiger partial charge in [-0.1, -0.05) is 54.1 Å². The van der Waals surface area contributed by atoms with Gasteiger partial charge in [0, 0.05) is 33.9 Å². The number of hydrogen-bond acceptors (Lipinski definition) is 3. The van der Waals surface area contributed by atoms with Gasteiger partial charge in [-0.25, -0.2) is 0 Å². The van der Waals surface area contributed by atoms with E-state index in [0.717, 1.165) is 32.8 Å². The fourth-order valence-electron chi connectivity index (χ4n) is 2.70. The summed E-state index contributed by atoms with van der Waals surface area (Å²) in [5.74, 6) is 0. The minimum atomic E-state index is 0.732. The SMILES string of the molecule is COCCN(CCOC)Cc1cc(C)ccc1-c1ccccc1. The Kier molecular flexibility index (Phi) is 7.27. The lowest BCUT2D eigenvalue weighted by molar-refractivity contribution is 0.110. The fraction of sp³-hybridized carbons (Fsp3) is 0.400. The Hall–Kier alpha value is -1.68. The van der Waals surface area contributed by atoms with E-state index in [1.165, 1.54) is 22.3 Å². The average Bonchev–Trinajstić information content (AvgIpc) is 2.58. The second kappa shape index (κ2) is 9.46. The molecule has 2 aromatic carbocycles. The second-order valence-corrected chi connectivity index (χ2v) is 5.79. The molecule has 0 atom stereocenters. The Balaban J connectivity index is 2.23. The molecule has 0 fully saturated rings. The Morgan fingerprint density at radius 2 is 1.52 bits per heavy atom. The van der Waals surface area contributed by atoms with Crippen molar-refractivity contribution < 1.29 is 9.47 Å². The maximum Gasteiger partial charge on any atom is 0.0589 e. The number of aryl methyl sites for hydroxylation is 1. The monoisotopic (exact) mass is 313 g/mol. The molecule has 23 heavy (non-hydrogen) atoms. The predicted octanol–water partition coefficient (Wildman–Crippen LogP) is 3.76. The first kappa shape index (κ1) is 17.7. The Morgan fingerprint density at radius 1 is 0.870 bits per heavy atom. The molecule has 0 radical (unpaired) electrons. The highest BCUT2D eigenvalue weighted by Gasteiger charge is 2.11. The molecule has 0 N–H and O–H groups in total. The van der Waals surface area contributed by atoms with E-state index in [0.29, 0.717) is 0 Å². The van der Waals surface area contributed by atoms with Gasteiger partial charge in [-0.3, -0.25) is 4.90 Å². The van der Waals surface area contributed by atoms with Crippen molar-refractivity contribution in [1.29, 1.82) is 0 Å². The maximum atomic E-state index is 5.25. The van der Waals surface area contributed by atoms with Crippen LogP contribution in [-0.4, -0.2) is 45.4 Å². The van der Waals surface area contributed by atoms with Crippen LogP contribution in [0.5, 0.6) is 0 Å². The molecular weight excluding hydrogens is 286 g/mol. The van der Waals surface area contributed by atoms with Gasteiger partial charge in [-0.15, -0.1) is 0 Å². The summed E-state index contributed by atoms with van der Waals surface area (Å²) < 4.78 is 10.5. The zero-order valence-corrected chi connectivity index (χ0v) is 14.4. The lowest BCUT2D eigenvalue weighted by atomic mass is 9.97. The third-order valence-electron chi connectivity index (χ3n) is 3.96. The highest BCUT2D eigenvalue weighted by molar-refractivity contribution is 5.67. The van der Waals surface area contributed by atoms with Gasteiger partial charge >= 0.3 is 0 Å². The topological polar surface area (TPSA) is 21.7 Å². The highest BCUT2D eigenvalue weighted by atomic mass is 16.5. The van der Waals surface area contributed by atoms with Gasteiger partial charge in [-0.2, -0.15) is 0 Å². The van der Waals surface area contributed by atoms with Crippen molar-refractivity contribution in [2.24, 2.45) is 0 Å². The first-order valence-electron chi connectivity index (χ1n) is 8.09. The van der Waals surface area contributed by atoms with Crippen molar-refractivity contribution in [2.45, 2.75) is 13.5 Å². The standard InChI is InChI=1S/C20H27NO2/c1-17-9-10-20(18-7-5-4-6-8-18)19(15-17)16-21(11-13-22-2)12-14-23-3/h4-10,15H,11-14,16H2,1-3H3. The number of nitrogens with zero attached hydrogens (tertiary/aromatic N) is 1. The number of rotatable bonds is 9. The van der Waals surface area contributed by atoms with Gasteiger partial charge in [0.2, 0.25) is 0 Å². The van der Waals surface area contributed by atoms with Gasteiger partial charge in [0.15, 0.2) is 0 Å². The van der Waals surface area contributed by atoms with Crippen molar-refractivity contribution in [1.82, 2.24) is 4.90 Å². The van der Waals surface area contributed by atoms with Gasteiger partial charge in [0.05, 0.1) is 13.2 Å². The van der Waals surface area contributed by atoms with Crippen LogP contribution in [0.15, 0.2) is 48.5 Å². The molecule has 0 aliphatic carbocycles. The van der Waals surface area contributed by atoms with Crippen LogP contribution in [0.25, 0.3) is 11.1 Å². The van der Waals surface area contributed by atoms with E-state index in [4.69, 9.17) is 9.47 Å². The molecule has 0 aromatic heterocycles. The molecule has 0 aliphatic heterocycles. The first-order chi connectivity index (χ1) is 11.2. The second-order valence-electron chi connectivity index (χ2n) is 5.79. The molecule has 0 spiro atoms. The van der Waals surface area contributed by atoms with Crippen LogP contribution in [0, 0.1) is 6.92 Å². The van der Waals surface area contributed by atoms with E-state index in [2.05, 4.69) is 60.4 Å². The Morgan fingerprint density at radius 3 is 2.13 bits per heavy atom. The van der Waals surface area contributed by atoms with Crippen LogP contribution in [0.1, 0.15) is 11.1 Å². The van der Waals surface area contributed by atoms with Crippen LogP contribution in [0.4, 0.5) is 0 Å². The lowest BCUT2D eigenvalue weighted by Crippen LogP contribution is -2.30. The third kappa shape index (κ3) is 5.47. The Labute approximate surface area is 139 Å². The summed E-state index contributed by atoms with van der Waals surface area (Å²) in [6.45, 7) is 6.32. The van der Waals surface area contributed by atoms with Crippen LogP contribution < -0.4 is 0 Å². The van der Waals surface area contributed by atoms with Crippen molar-refractivity contribution in [3.05, 3.63) is 59.7 Å². The van der Waals surface area contributed by atoms with E-state index in [-0.39, 0.29) is 0 Å². The van der Waals surface area contributed by atoms with Crippen LogP contribution >= 0.6 is 0 Å². The molecule has 0 heterocycles. The number of methoxy groups -OCH3 is 2. The maximum absolute atomic E-state index is 5.25. The molecule has 124 valence electrons. The molecule has 0 unspecified atom stereocenters. The molecule has 0 amide bonds. The molecule has 0 saturated heterocycles. The summed E-state index contributed by atoms with van der Waals surface area (Å²) in [6.07, 6.45) is 0. The van der Waals surface area contributed by atoms with Crippen LogP contribution in [0.2, 0.25) is 0 Å². The smallest absolute Gasteiger partial charge is 0.0589 e. The molecule has 2 aromatic rings. The summed E-state index contributed by atoms with van der Waals surface area (Å²) >= 11 is 0. The van der Waals surface area contributed by atoms with Crippen molar-refractivity contribution in [3.63, 3.8) is 0 Å². The van der Waals surface area contributed by atoms with Crippen LogP contribution in [0.3, 0.4) is 0 Å². The van der Waals surface area contributed by atoms with Crippen LogP contribution in [-0.2, 0) is 16.0 Å². The highest BCUT2D eigenvalue weighted by Crippen LogP contribution is 2.25. The van der Waals surface area contributed by atoms with Gasteiger partial charge in [0.1, 0.15) is 0 Å². The van der Waals surface area contributed by atoms with Crippen molar-refractivity contribution in [2.75, 3.05) is 40.5 Å².